The normalized spacial score (nSPS) is 17.1. The predicted molar refractivity (Wildman–Crippen MR) is 73.6 cm³/mol. The molecule has 0 amide bonds. The van der Waals surface area contributed by atoms with Crippen molar-refractivity contribution < 1.29 is 9.53 Å². The number of hydrogen-bond acceptors (Lipinski definition) is 5. The number of ether oxygens (including phenoxy) is 1. The maximum absolute atomic E-state index is 11.1. The van der Waals surface area contributed by atoms with Crippen LogP contribution in [0.5, 0.6) is 0 Å². The van der Waals surface area contributed by atoms with Gasteiger partial charge in [-0.2, -0.15) is 5.26 Å². The van der Waals surface area contributed by atoms with Crippen molar-refractivity contribution in [2.24, 2.45) is 0 Å². The van der Waals surface area contributed by atoms with Gasteiger partial charge in [-0.3, -0.25) is 9.69 Å². The van der Waals surface area contributed by atoms with Gasteiger partial charge in [-0.05, 0) is 26.3 Å². The summed E-state index contributed by atoms with van der Waals surface area (Å²) >= 11 is 0. The largest absolute Gasteiger partial charge is 0.466 e. The van der Waals surface area contributed by atoms with Gasteiger partial charge in [-0.25, -0.2) is 0 Å². The molecule has 0 unspecified atom stereocenters. The topological polar surface area (TPSA) is 56.6 Å². The van der Waals surface area contributed by atoms with Crippen LogP contribution in [0.4, 0.5) is 0 Å². The van der Waals surface area contributed by atoms with Crippen molar-refractivity contribution in [1.29, 1.82) is 5.26 Å². The molecule has 1 saturated heterocycles. The molecule has 0 aliphatic carbocycles. The Hall–Kier alpha value is -1.12. The second-order valence-corrected chi connectivity index (χ2v) is 4.89. The fraction of sp³-hybridized carbons (Fsp3) is 0.857. The molecule has 1 aliphatic rings. The van der Waals surface area contributed by atoms with E-state index in [0.29, 0.717) is 19.6 Å². The zero-order valence-corrected chi connectivity index (χ0v) is 11.9. The zero-order valence-electron chi connectivity index (χ0n) is 11.9. The van der Waals surface area contributed by atoms with Crippen molar-refractivity contribution in [2.75, 3.05) is 45.9 Å². The predicted octanol–water partition coefficient (Wildman–Crippen LogP) is 1.25. The maximum Gasteiger partial charge on any atom is 0.305 e. The molecular weight excluding hydrogens is 242 g/mol. The average molecular weight is 267 g/mol. The van der Waals surface area contributed by atoms with Gasteiger partial charge >= 0.3 is 5.97 Å². The number of hydrogen-bond donors (Lipinski definition) is 0. The first-order valence-corrected chi connectivity index (χ1v) is 7.23. The van der Waals surface area contributed by atoms with Crippen molar-refractivity contribution in [2.45, 2.75) is 32.6 Å². The van der Waals surface area contributed by atoms with Crippen LogP contribution in [0.1, 0.15) is 32.6 Å². The lowest BCUT2D eigenvalue weighted by Crippen LogP contribution is -2.46. The summed E-state index contributed by atoms with van der Waals surface area (Å²) < 4.78 is 4.89. The maximum atomic E-state index is 11.1. The molecule has 108 valence electrons. The summed E-state index contributed by atoms with van der Waals surface area (Å²) in [4.78, 5) is 15.8. The van der Waals surface area contributed by atoms with Crippen LogP contribution in [0.2, 0.25) is 0 Å². The quantitative estimate of drug-likeness (QED) is 0.376. The molecule has 1 fully saturated rings. The van der Waals surface area contributed by atoms with E-state index >= 15 is 0 Å². The standard InChI is InChI=1S/C14H25N3O2/c1-2-19-14(18)6-4-3-5-8-16-10-12-17(9-7-15)13-11-16/h2-6,8-13H2,1H3. The number of piperazine rings is 1. The summed E-state index contributed by atoms with van der Waals surface area (Å²) in [5.74, 6) is -0.0763. The Bertz CT molecular complexity index is 294. The van der Waals surface area contributed by atoms with Crippen molar-refractivity contribution in [3.05, 3.63) is 0 Å². The molecule has 0 aromatic rings. The van der Waals surface area contributed by atoms with E-state index in [4.69, 9.17) is 10.00 Å². The Morgan fingerprint density at radius 3 is 2.47 bits per heavy atom. The molecule has 0 atom stereocenters. The molecule has 1 heterocycles. The SMILES string of the molecule is CCOC(=O)CCCCCN1CCN(CC#N)CC1. The molecule has 0 radical (unpaired) electrons. The molecule has 5 heteroatoms. The third kappa shape index (κ3) is 7.14. The molecule has 0 bridgehead atoms. The van der Waals surface area contributed by atoms with E-state index in [-0.39, 0.29) is 5.97 Å². The highest BCUT2D eigenvalue weighted by atomic mass is 16.5. The molecule has 19 heavy (non-hydrogen) atoms. The molecule has 5 nitrogen and oxygen atoms in total. The lowest BCUT2D eigenvalue weighted by Gasteiger charge is -2.33. The van der Waals surface area contributed by atoms with E-state index in [2.05, 4.69) is 15.9 Å². The lowest BCUT2D eigenvalue weighted by atomic mass is 10.2. The molecule has 0 N–H and O–H groups in total. The molecule has 0 aromatic heterocycles. The van der Waals surface area contributed by atoms with Crippen LogP contribution in [0.3, 0.4) is 0 Å². The number of carbonyl (C=O) groups excluding carboxylic acids is 1. The minimum Gasteiger partial charge on any atom is -0.466 e. The molecule has 0 spiro atoms. The second kappa shape index (κ2) is 9.76. The number of nitrogens with zero attached hydrogens (tertiary/aromatic N) is 3. The first-order valence-electron chi connectivity index (χ1n) is 7.23. The summed E-state index contributed by atoms with van der Waals surface area (Å²) in [7, 11) is 0. The summed E-state index contributed by atoms with van der Waals surface area (Å²) in [6.07, 6.45) is 3.69. The van der Waals surface area contributed by atoms with Gasteiger partial charge in [0.25, 0.3) is 0 Å². The van der Waals surface area contributed by atoms with Crippen LogP contribution in [-0.4, -0.2) is 61.6 Å². The molecular formula is C14H25N3O2. The van der Waals surface area contributed by atoms with E-state index in [1.54, 1.807) is 0 Å². The average Bonchev–Trinajstić information content (AvgIpc) is 2.41. The van der Waals surface area contributed by atoms with Crippen molar-refractivity contribution in [1.82, 2.24) is 9.80 Å². The molecule has 1 rings (SSSR count). The smallest absolute Gasteiger partial charge is 0.305 e. The van der Waals surface area contributed by atoms with E-state index in [9.17, 15) is 4.79 Å². The first kappa shape index (κ1) is 15.9. The fourth-order valence-electron chi connectivity index (χ4n) is 2.29. The van der Waals surface area contributed by atoms with Gasteiger partial charge in [0, 0.05) is 32.6 Å². The number of carbonyl (C=O) groups is 1. The summed E-state index contributed by atoms with van der Waals surface area (Å²) in [6.45, 7) is 8.07. The van der Waals surface area contributed by atoms with Crippen LogP contribution < -0.4 is 0 Å². The fourth-order valence-corrected chi connectivity index (χ4v) is 2.29. The van der Waals surface area contributed by atoms with Gasteiger partial charge in [0.05, 0.1) is 19.2 Å². The minimum absolute atomic E-state index is 0.0763. The van der Waals surface area contributed by atoms with Gasteiger partial charge in [-0.15, -0.1) is 0 Å². The van der Waals surface area contributed by atoms with Crippen LogP contribution >= 0.6 is 0 Å². The summed E-state index contributed by atoms with van der Waals surface area (Å²) in [5, 5.41) is 8.62. The second-order valence-electron chi connectivity index (χ2n) is 4.89. The number of nitriles is 1. The van der Waals surface area contributed by atoms with E-state index < -0.39 is 0 Å². The van der Waals surface area contributed by atoms with E-state index in [1.165, 1.54) is 0 Å². The summed E-state index contributed by atoms with van der Waals surface area (Å²) in [5.41, 5.74) is 0. The van der Waals surface area contributed by atoms with Crippen molar-refractivity contribution in [3.63, 3.8) is 0 Å². The highest BCUT2D eigenvalue weighted by Gasteiger charge is 2.15. The number of rotatable bonds is 8. The van der Waals surface area contributed by atoms with Gasteiger partial charge in [0.1, 0.15) is 0 Å². The van der Waals surface area contributed by atoms with Gasteiger partial charge in [-0.1, -0.05) is 6.42 Å². The number of unbranched alkanes of at least 4 members (excludes halogenated alkanes) is 2. The molecule has 0 aromatic carbocycles. The van der Waals surface area contributed by atoms with E-state index in [0.717, 1.165) is 52.0 Å². The first-order chi connectivity index (χ1) is 9.26. The summed E-state index contributed by atoms with van der Waals surface area (Å²) in [6, 6.07) is 2.20. The zero-order chi connectivity index (χ0) is 13.9. The van der Waals surface area contributed by atoms with Gasteiger partial charge in [0.2, 0.25) is 0 Å². The lowest BCUT2D eigenvalue weighted by molar-refractivity contribution is -0.143. The Kier molecular flexibility index (Phi) is 8.19. The highest BCUT2D eigenvalue weighted by Crippen LogP contribution is 2.06. The van der Waals surface area contributed by atoms with Crippen molar-refractivity contribution in [3.8, 4) is 6.07 Å². The Morgan fingerprint density at radius 2 is 1.84 bits per heavy atom. The monoisotopic (exact) mass is 267 g/mol. The van der Waals surface area contributed by atoms with E-state index in [1.807, 2.05) is 6.92 Å². The van der Waals surface area contributed by atoms with Crippen LogP contribution in [0.15, 0.2) is 0 Å². The van der Waals surface area contributed by atoms with Gasteiger partial charge < -0.3 is 9.64 Å². The van der Waals surface area contributed by atoms with Crippen LogP contribution in [-0.2, 0) is 9.53 Å². The molecule has 1 aliphatic heterocycles. The third-order valence-corrected chi connectivity index (χ3v) is 3.42. The Morgan fingerprint density at radius 1 is 1.16 bits per heavy atom. The Balaban J connectivity index is 1.96. The van der Waals surface area contributed by atoms with Crippen LogP contribution in [0, 0.1) is 11.3 Å². The Labute approximate surface area is 116 Å². The third-order valence-electron chi connectivity index (χ3n) is 3.42. The van der Waals surface area contributed by atoms with Gasteiger partial charge in [0.15, 0.2) is 0 Å². The minimum atomic E-state index is -0.0763. The molecule has 0 saturated carbocycles. The van der Waals surface area contributed by atoms with Crippen LogP contribution in [0.25, 0.3) is 0 Å². The number of esters is 1. The highest BCUT2D eigenvalue weighted by molar-refractivity contribution is 5.69. The van der Waals surface area contributed by atoms with Crippen molar-refractivity contribution >= 4 is 5.97 Å².